The van der Waals surface area contributed by atoms with Crippen LogP contribution >= 0.6 is 0 Å². The molecule has 10 unspecified atom stereocenters. The van der Waals surface area contributed by atoms with E-state index in [2.05, 4.69) is 231 Å². The van der Waals surface area contributed by atoms with Crippen molar-refractivity contribution in [1.29, 1.82) is 0 Å². The number of carbonyl (C=O) groups excluding carboxylic acids is 5. The highest BCUT2D eigenvalue weighted by Crippen LogP contribution is 2.45. The van der Waals surface area contributed by atoms with E-state index in [9.17, 15) is 24.0 Å². The summed E-state index contributed by atoms with van der Waals surface area (Å²) >= 11 is 0. The van der Waals surface area contributed by atoms with Crippen molar-refractivity contribution in [1.82, 2.24) is 15.2 Å². The highest BCUT2D eigenvalue weighted by atomic mass is 16.7. The molecule has 0 amide bonds. The number of esters is 5. The Morgan fingerprint density at radius 1 is 0.341 bits per heavy atom. The van der Waals surface area contributed by atoms with Crippen LogP contribution in [-0.2, 0) is 66.9 Å². The summed E-state index contributed by atoms with van der Waals surface area (Å²) in [5.41, 5.74) is 3.21. The average molecular weight is 1910 g/mol. The van der Waals surface area contributed by atoms with E-state index >= 15 is 0 Å². The Bertz CT molecular complexity index is 4210. The maximum Gasteiger partial charge on any atom is 0.340 e. The molecule has 0 saturated heterocycles. The number of methoxy groups -OCH3 is 2. The molecule has 0 saturated carbocycles. The first-order valence-corrected chi connectivity index (χ1v) is 51.5. The van der Waals surface area contributed by atoms with E-state index in [-0.39, 0.29) is 95.0 Å². The van der Waals surface area contributed by atoms with Crippen LogP contribution in [-0.4, -0.2) is 116 Å². The van der Waals surface area contributed by atoms with Crippen LogP contribution in [0.4, 0.5) is 0 Å². The maximum absolute atomic E-state index is 14.3. The summed E-state index contributed by atoms with van der Waals surface area (Å²) in [5.74, 6) is -0.585. The summed E-state index contributed by atoms with van der Waals surface area (Å²) in [6.45, 7) is 76.6. The lowest BCUT2D eigenvalue weighted by Gasteiger charge is -2.47. The van der Waals surface area contributed by atoms with Crippen LogP contribution < -0.4 is 0 Å². The van der Waals surface area contributed by atoms with Crippen LogP contribution in [0, 0.1) is 23.7 Å². The highest BCUT2D eigenvalue weighted by molar-refractivity contribution is 5.82. The minimum atomic E-state index is -1.40. The van der Waals surface area contributed by atoms with E-state index < -0.39 is 57.6 Å². The molecular formula is C121H191N3O14. The fraction of sp³-hybridized carbons (Fsp3) is 0.612. The average Bonchev–Trinajstić information content (AvgIpc) is 0.765. The Morgan fingerprint density at radius 2 is 0.616 bits per heavy atom. The number of hydrogen-bond acceptors (Lipinski definition) is 17. The molecule has 0 aromatic heterocycles. The second-order valence-corrected chi connectivity index (χ2v) is 45.4. The second kappa shape index (κ2) is 62.0. The SMILES string of the molecule is C=C(CCCCCCCCC)C(=C)OC.C=CC(=O)OC(C)(C)C.CC(CC(ON(C(c1ccccc1)C(C)C)C(C)(C)C)C(=O)OC(C)(C)C)c1ccccc1.CC(CC(ON(C(c1ccccc1)C(C)C)C(C)(C)C)C(=O)OC(C)(C)C)c1ccccc1.CCCCCCCCCC(CC(CC(C)c1ccccc1)C(=O)OC(C)(C)C)(ON(C(c1ccccc1)C(C)C)C(C)(C)C)C(=O)OC. The van der Waals surface area contributed by atoms with E-state index in [1.807, 2.05) is 207 Å². The quantitative estimate of drug-likeness (QED) is 0.00669. The first-order chi connectivity index (χ1) is 64.3. The standard InChI is InChI=1S/C42H67NO5.2C29H43NO3.C14H26O.C7H12O2/c1-12-13-14-15-16-17-24-29-42(39(45)46-11,48-43(40(5,6)7)37(32(2)3)35-27-22-19-23-28-35)31-36(38(44)47-41(8,9)10)30-33(4)34-25-20-18-21-26-34;2*1-21(2)26(24-18-14-11-15-19-24)30(28(4,5)6)33-25(27(31)32-29(7,8)9)20-22(3)23-16-12-10-13-17-23;1-5-6-7-8-9-10-11-12-13(2)14(3)15-4;1-5-6(8)9-7(2,3)4/h18-23,25-28,32-33,36-37H,12-17,24,29-31H2,1-11H3;2*10-19,21-22,25-26H,20H2,1-9H3;2-3,5-12H2,1,4H3;5H,1H2,2-4H3. The van der Waals surface area contributed by atoms with Gasteiger partial charge in [-0.05, 0) is 265 Å². The summed E-state index contributed by atoms with van der Waals surface area (Å²) in [7, 11) is 3.08. The molecule has 138 heavy (non-hydrogen) atoms. The molecule has 0 fully saturated rings. The minimum Gasteiger partial charge on any atom is -0.497 e. The zero-order valence-electron chi connectivity index (χ0n) is 92.6. The summed E-state index contributed by atoms with van der Waals surface area (Å²) in [5, 5.41) is 6.04. The number of ether oxygens (including phenoxy) is 6. The van der Waals surface area contributed by atoms with E-state index in [1.54, 1.807) is 7.11 Å². The molecule has 17 nitrogen and oxygen atoms in total. The summed E-state index contributed by atoms with van der Waals surface area (Å²) in [6, 6.07) is 61.7. The van der Waals surface area contributed by atoms with Gasteiger partial charge in [0, 0.05) is 29.1 Å². The minimum absolute atomic E-state index is 0.0110. The van der Waals surface area contributed by atoms with Crippen LogP contribution in [0.15, 0.2) is 219 Å². The molecule has 0 radical (unpaired) electrons. The number of benzene rings is 6. The lowest BCUT2D eigenvalue weighted by atomic mass is 9.80. The Kier molecular flexibility index (Phi) is 56.4. The molecule has 6 rings (SSSR count). The third-order valence-corrected chi connectivity index (χ3v) is 23.4. The Morgan fingerprint density at radius 3 is 0.884 bits per heavy atom. The largest absolute Gasteiger partial charge is 0.497 e. The van der Waals surface area contributed by atoms with Crippen molar-refractivity contribution < 1.29 is 66.9 Å². The van der Waals surface area contributed by atoms with Gasteiger partial charge in [0.2, 0.25) is 0 Å². The molecule has 10 atom stereocenters. The lowest BCUT2D eigenvalue weighted by molar-refractivity contribution is -0.312. The zero-order valence-corrected chi connectivity index (χ0v) is 92.6. The molecule has 6 aromatic carbocycles. The normalized spacial score (nSPS) is 14.5. The van der Waals surface area contributed by atoms with Crippen LogP contribution in [0.25, 0.3) is 0 Å². The van der Waals surface area contributed by atoms with E-state index in [1.165, 1.54) is 100.0 Å². The predicted molar refractivity (Wildman–Crippen MR) is 573 cm³/mol. The van der Waals surface area contributed by atoms with Crippen LogP contribution in [0.2, 0.25) is 0 Å². The first-order valence-electron chi connectivity index (χ1n) is 51.5. The number of nitrogens with zero attached hydrogens (tertiary/aromatic N) is 3. The van der Waals surface area contributed by atoms with Gasteiger partial charge in [0.05, 0.1) is 38.3 Å². The van der Waals surface area contributed by atoms with Crippen molar-refractivity contribution in [2.75, 3.05) is 14.2 Å². The van der Waals surface area contributed by atoms with Crippen LogP contribution in [0.1, 0.15) is 419 Å². The molecule has 0 bridgehead atoms. The van der Waals surface area contributed by atoms with E-state index in [4.69, 9.17) is 42.9 Å². The molecular weight excluding hydrogens is 1720 g/mol. The van der Waals surface area contributed by atoms with Gasteiger partial charge in [-0.1, -0.05) is 355 Å². The van der Waals surface area contributed by atoms with Gasteiger partial charge in [0.25, 0.3) is 0 Å². The number of hydroxylamine groups is 6. The third kappa shape index (κ3) is 49.7. The van der Waals surface area contributed by atoms with Gasteiger partial charge in [-0.15, -0.1) is 0 Å². The molecule has 0 heterocycles. The fourth-order valence-electron chi connectivity index (χ4n) is 16.5. The molecule has 6 aromatic rings. The predicted octanol–water partition coefficient (Wildman–Crippen LogP) is 32.0. The van der Waals surface area contributed by atoms with Gasteiger partial charge in [-0.25, -0.2) is 19.2 Å². The van der Waals surface area contributed by atoms with Gasteiger partial charge in [-0.2, -0.15) is 15.2 Å². The summed E-state index contributed by atoms with van der Waals surface area (Å²) < 4.78 is 33.1. The van der Waals surface area contributed by atoms with Gasteiger partial charge >= 0.3 is 29.8 Å². The third-order valence-electron chi connectivity index (χ3n) is 23.4. The van der Waals surface area contributed by atoms with Crippen molar-refractivity contribution in [2.24, 2.45) is 23.7 Å². The van der Waals surface area contributed by atoms with Crippen LogP contribution in [0.3, 0.4) is 0 Å². The van der Waals surface area contributed by atoms with Crippen molar-refractivity contribution in [2.45, 2.75) is 443 Å². The van der Waals surface area contributed by atoms with Gasteiger partial charge in [0.15, 0.2) is 17.8 Å². The van der Waals surface area contributed by atoms with Crippen LogP contribution in [0.5, 0.6) is 0 Å². The Hall–Kier alpha value is -8.55. The smallest absolute Gasteiger partial charge is 0.340 e. The molecule has 0 N–H and O–H groups in total. The van der Waals surface area contributed by atoms with Gasteiger partial charge in [-0.3, -0.25) is 19.3 Å². The molecule has 17 heteroatoms. The molecule has 0 aliphatic rings. The number of rotatable bonds is 49. The summed E-state index contributed by atoms with van der Waals surface area (Å²) in [6.07, 6.45) is 20.0. The van der Waals surface area contributed by atoms with Gasteiger partial charge in [0.1, 0.15) is 28.2 Å². The first kappa shape index (κ1) is 126. The molecule has 0 aliphatic carbocycles. The second-order valence-electron chi connectivity index (χ2n) is 45.4. The Labute approximate surface area is 840 Å². The lowest BCUT2D eigenvalue weighted by Crippen LogP contribution is -2.56. The topological polar surface area (TPSA) is 178 Å². The molecule has 774 valence electrons. The fourth-order valence-corrected chi connectivity index (χ4v) is 16.5. The number of hydrogen-bond donors (Lipinski definition) is 0. The van der Waals surface area contributed by atoms with Crippen molar-refractivity contribution >= 4 is 29.8 Å². The highest BCUT2D eigenvalue weighted by Gasteiger charge is 2.51. The Balaban J connectivity index is 0.000000634. The summed E-state index contributed by atoms with van der Waals surface area (Å²) in [4.78, 5) is 86.1. The molecule has 0 spiro atoms. The number of carbonyl (C=O) groups is 5. The number of allylic oxidation sites excluding steroid dienone is 1. The van der Waals surface area contributed by atoms with E-state index in [0.717, 1.165) is 54.2 Å². The van der Waals surface area contributed by atoms with E-state index in [0.29, 0.717) is 25.7 Å². The van der Waals surface area contributed by atoms with Crippen molar-refractivity contribution in [3.8, 4) is 0 Å². The monoisotopic (exact) mass is 1910 g/mol. The molecule has 0 aliphatic heterocycles. The van der Waals surface area contributed by atoms with Crippen molar-refractivity contribution in [3.63, 3.8) is 0 Å². The van der Waals surface area contributed by atoms with Gasteiger partial charge < -0.3 is 28.4 Å². The van der Waals surface area contributed by atoms with Crippen molar-refractivity contribution in [3.05, 3.63) is 253 Å². The zero-order chi connectivity index (χ0) is 105. The number of unbranched alkanes of at least 4 members (excludes halogenated alkanes) is 12. The maximum atomic E-state index is 14.3.